The van der Waals surface area contributed by atoms with Gasteiger partial charge in [0.15, 0.2) is 0 Å². The van der Waals surface area contributed by atoms with E-state index in [0.29, 0.717) is 31.1 Å². The second-order valence-electron chi connectivity index (χ2n) is 6.71. The van der Waals surface area contributed by atoms with Crippen LogP contribution in [-0.4, -0.2) is 49.3 Å². The van der Waals surface area contributed by atoms with E-state index in [-0.39, 0.29) is 18.5 Å². The number of sulfonamides is 1. The molecule has 0 amide bonds. The molecule has 3 aromatic rings. The zero-order chi connectivity index (χ0) is 19.4. The monoisotopic (exact) mass is 398 g/mol. The van der Waals surface area contributed by atoms with Gasteiger partial charge < -0.3 is 9.47 Å². The highest BCUT2D eigenvalue weighted by molar-refractivity contribution is 7.89. The number of hydrogen-bond acceptors (Lipinski definition) is 5. The van der Waals surface area contributed by atoms with E-state index in [9.17, 15) is 8.42 Å². The molecule has 2 heterocycles. The van der Waals surface area contributed by atoms with Gasteiger partial charge >= 0.3 is 0 Å². The average molecular weight is 398 g/mol. The second-order valence-corrected chi connectivity index (χ2v) is 8.79. The van der Waals surface area contributed by atoms with E-state index in [1.54, 1.807) is 0 Å². The van der Waals surface area contributed by atoms with Crippen LogP contribution in [0.1, 0.15) is 6.42 Å². The highest BCUT2D eigenvalue weighted by Gasteiger charge is 2.32. The number of ether oxygens (including phenoxy) is 2. The van der Waals surface area contributed by atoms with Crippen molar-refractivity contribution in [3.05, 3.63) is 66.7 Å². The highest BCUT2D eigenvalue weighted by atomic mass is 32.2. The summed E-state index contributed by atoms with van der Waals surface area (Å²) in [4.78, 5) is 4.50. The van der Waals surface area contributed by atoms with Crippen molar-refractivity contribution in [2.24, 2.45) is 0 Å². The van der Waals surface area contributed by atoms with Crippen molar-refractivity contribution in [2.75, 3.05) is 25.4 Å². The number of rotatable bonds is 7. The van der Waals surface area contributed by atoms with Crippen LogP contribution in [-0.2, 0) is 10.0 Å². The van der Waals surface area contributed by atoms with E-state index in [2.05, 4.69) is 4.98 Å². The maximum atomic E-state index is 12.6. The smallest absolute Gasteiger partial charge is 0.217 e. The van der Waals surface area contributed by atoms with Crippen LogP contribution in [0.25, 0.3) is 10.9 Å². The summed E-state index contributed by atoms with van der Waals surface area (Å²) >= 11 is 0. The summed E-state index contributed by atoms with van der Waals surface area (Å²) in [6, 6.07) is 20.8. The molecule has 1 aromatic heterocycles. The van der Waals surface area contributed by atoms with Crippen LogP contribution in [0.4, 0.5) is 0 Å². The number of hydrogen-bond donors (Lipinski definition) is 0. The van der Waals surface area contributed by atoms with Gasteiger partial charge in [0.05, 0.1) is 17.8 Å². The predicted molar refractivity (Wildman–Crippen MR) is 108 cm³/mol. The highest BCUT2D eigenvalue weighted by Crippen LogP contribution is 2.22. The molecule has 0 radical (unpaired) electrons. The Morgan fingerprint density at radius 2 is 1.79 bits per heavy atom. The molecule has 1 saturated heterocycles. The molecule has 2 aromatic carbocycles. The Labute approximate surface area is 164 Å². The van der Waals surface area contributed by atoms with Gasteiger partial charge in [-0.2, -0.15) is 4.31 Å². The van der Waals surface area contributed by atoms with E-state index in [4.69, 9.17) is 9.47 Å². The van der Waals surface area contributed by atoms with E-state index in [1.165, 1.54) is 4.31 Å². The van der Waals surface area contributed by atoms with Crippen LogP contribution in [0.3, 0.4) is 0 Å². The molecule has 0 N–H and O–H groups in total. The van der Waals surface area contributed by atoms with Crippen molar-refractivity contribution in [1.82, 2.24) is 9.29 Å². The van der Waals surface area contributed by atoms with Gasteiger partial charge in [0.2, 0.25) is 15.9 Å². The van der Waals surface area contributed by atoms with Crippen LogP contribution >= 0.6 is 0 Å². The van der Waals surface area contributed by atoms with Gasteiger partial charge in [0, 0.05) is 18.0 Å². The van der Waals surface area contributed by atoms with Crippen molar-refractivity contribution in [2.45, 2.75) is 12.5 Å². The lowest BCUT2D eigenvalue weighted by molar-refractivity contribution is 0.207. The molecule has 1 aliphatic rings. The van der Waals surface area contributed by atoms with Gasteiger partial charge in [0.1, 0.15) is 18.5 Å². The molecule has 1 unspecified atom stereocenters. The van der Waals surface area contributed by atoms with E-state index < -0.39 is 10.0 Å². The first-order valence-electron chi connectivity index (χ1n) is 9.28. The Bertz CT molecular complexity index is 1040. The van der Waals surface area contributed by atoms with E-state index in [0.717, 1.165) is 10.9 Å². The van der Waals surface area contributed by atoms with Gasteiger partial charge in [-0.3, -0.25) is 0 Å². The standard InChI is InChI=1S/C21H22N2O4S/c24-28(25,15-14-26-18-7-2-1-3-8-18)23-13-12-19(16-23)27-21-11-10-17-6-4-5-9-20(17)22-21/h1-11,19H,12-16H2. The molecular weight excluding hydrogens is 376 g/mol. The van der Waals surface area contributed by atoms with Crippen LogP contribution in [0.15, 0.2) is 66.7 Å². The fourth-order valence-electron chi connectivity index (χ4n) is 3.24. The van der Waals surface area contributed by atoms with Crippen molar-refractivity contribution in [1.29, 1.82) is 0 Å². The lowest BCUT2D eigenvalue weighted by atomic mass is 10.2. The van der Waals surface area contributed by atoms with Crippen molar-refractivity contribution in [3.8, 4) is 11.6 Å². The number of aromatic nitrogens is 1. The predicted octanol–water partition coefficient (Wildman–Crippen LogP) is 3.10. The molecule has 6 nitrogen and oxygen atoms in total. The molecule has 28 heavy (non-hydrogen) atoms. The zero-order valence-electron chi connectivity index (χ0n) is 15.4. The quantitative estimate of drug-likeness (QED) is 0.612. The van der Waals surface area contributed by atoms with Gasteiger partial charge in [-0.15, -0.1) is 0 Å². The van der Waals surface area contributed by atoms with Crippen molar-refractivity contribution >= 4 is 20.9 Å². The number of nitrogens with zero attached hydrogens (tertiary/aromatic N) is 2. The number of pyridine rings is 1. The molecule has 0 spiro atoms. The maximum absolute atomic E-state index is 12.6. The molecule has 0 saturated carbocycles. The Balaban J connectivity index is 1.32. The summed E-state index contributed by atoms with van der Waals surface area (Å²) in [5.41, 5.74) is 0.862. The summed E-state index contributed by atoms with van der Waals surface area (Å²) < 4.78 is 38.1. The molecular formula is C21H22N2O4S. The Hall–Kier alpha value is -2.64. The first-order chi connectivity index (χ1) is 13.6. The topological polar surface area (TPSA) is 68.7 Å². The first kappa shape index (κ1) is 18.7. The fourth-order valence-corrected chi connectivity index (χ4v) is 4.57. The third-order valence-electron chi connectivity index (χ3n) is 4.71. The Morgan fingerprint density at radius 3 is 2.64 bits per heavy atom. The van der Waals surface area contributed by atoms with Gasteiger partial charge in [-0.25, -0.2) is 13.4 Å². The fraction of sp³-hybridized carbons (Fsp3) is 0.286. The summed E-state index contributed by atoms with van der Waals surface area (Å²) in [5.74, 6) is 1.14. The molecule has 4 rings (SSSR count). The molecule has 146 valence electrons. The summed E-state index contributed by atoms with van der Waals surface area (Å²) in [5, 5.41) is 1.05. The maximum Gasteiger partial charge on any atom is 0.217 e. The van der Waals surface area contributed by atoms with Crippen LogP contribution in [0.2, 0.25) is 0 Å². The SMILES string of the molecule is O=S(=O)(CCOc1ccccc1)N1CCC(Oc2ccc3ccccc3n2)C1. The molecule has 1 fully saturated rings. The van der Waals surface area contributed by atoms with Crippen molar-refractivity contribution < 1.29 is 17.9 Å². The zero-order valence-corrected chi connectivity index (χ0v) is 16.2. The molecule has 7 heteroatoms. The summed E-state index contributed by atoms with van der Waals surface area (Å²) in [6.07, 6.45) is 0.450. The molecule has 1 atom stereocenters. The minimum absolute atomic E-state index is 0.0527. The Morgan fingerprint density at radius 1 is 1.00 bits per heavy atom. The van der Waals surface area contributed by atoms with Gasteiger partial charge in [-0.1, -0.05) is 36.4 Å². The van der Waals surface area contributed by atoms with Crippen LogP contribution in [0, 0.1) is 0 Å². The first-order valence-corrected chi connectivity index (χ1v) is 10.9. The molecule has 1 aliphatic heterocycles. The minimum Gasteiger partial charge on any atom is -0.492 e. The average Bonchev–Trinajstić information content (AvgIpc) is 3.18. The third kappa shape index (κ3) is 4.43. The summed E-state index contributed by atoms with van der Waals surface area (Å²) in [6.45, 7) is 0.911. The number of fused-ring (bicyclic) bond motifs is 1. The number of benzene rings is 2. The van der Waals surface area contributed by atoms with Gasteiger partial charge in [0.25, 0.3) is 0 Å². The molecule has 0 aliphatic carbocycles. The van der Waals surface area contributed by atoms with E-state index >= 15 is 0 Å². The second kappa shape index (κ2) is 8.16. The Kier molecular flexibility index (Phi) is 5.45. The van der Waals surface area contributed by atoms with Crippen LogP contribution in [0.5, 0.6) is 11.6 Å². The lowest BCUT2D eigenvalue weighted by Gasteiger charge is -2.17. The van der Waals surface area contributed by atoms with Crippen LogP contribution < -0.4 is 9.47 Å². The summed E-state index contributed by atoms with van der Waals surface area (Å²) in [7, 11) is -3.38. The number of para-hydroxylation sites is 2. The van der Waals surface area contributed by atoms with E-state index in [1.807, 2.05) is 66.7 Å². The third-order valence-corrected chi connectivity index (χ3v) is 6.52. The van der Waals surface area contributed by atoms with Gasteiger partial charge in [-0.05, 0) is 30.7 Å². The normalized spacial score (nSPS) is 17.6. The van der Waals surface area contributed by atoms with Crippen molar-refractivity contribution in [3.63, 3.8) is 0 Å². The largest absolute Gasteiger partial charge is 0.492 e. The molecule has 0 bridgehead atoms. The minimum atomic E-state index is -3.38. The lowest BCUT2D eigenvalue weighted by Crippen LogP contribution is -2.34.